The van der Waals surface area contributed by atoms with Crippen LogP contribution in [0.5, 0.6) is 11.5 Å². The van der Waals surface area contributed by atoms with Gasteiger partial charge in [-0.15, -0.1) is 0 Å². The fourth-order valence-electron chi connectivity index (χ4n) is 3.76. The van der Waals surface area contributed by atoms with Gasteiger partial charge >= 0.3 is 0 Å². The summed E-state index contributed by atoms with van der Waals surface area (Å²) in [5, 5.41) is 20.2. The monoisotopic (exact) mass is 594 g/mol. The number of aromatic hydroxyl groups is 2. The highest BCUT2D eigenvalue weighted by Gasteiger charge is 2.36. The average Bonchev–Trinajstić information content (AvgIpc) is 2.83. The van der Waals surface area contributed by atoms with E-state index in [4.69, 9.17) is 0 Å². The molecule has 134 valence electrons. The summed E-state index contributed by atoms with van der Waals surface area (Å²) < 4.78 is 2.77. The maximum absolute atomic E-state index is 10.1. The molecule has 2 aromatic carbocycles. The first-order valence-corrected chi connectivity index (χ1v) is 11.4. The van der Waals surface area contributed by atoms with Crippen LogP contribution in [0.3, 0.4) is 0 Å². The molecule has 3 rings (SSSR count). The zero-order valence-electron chi connectivity index (χ0n) is 13.5. The molecule has 2 nitrogen and oxygen atoms in total. The maximum atomic E-state index is 10.1. The molecular weight excluding hydrogens is 580 g/mol. The molecule has 0 unspecified atom stereocenters. The van der Waals surface area contributed by atoms with E-state index in [0.717, 1.165) is 25.7 Å². The molecule has 0 amide bonds. The second-order valence-electron chi connectivity index (χ2n) is 6.57. The molecule has 0 heterocycles. The van der Waals surface area contributed by atoms with Gasteiger partial charge in [0.1, 0.15) is 11.5 Å². The summed E-state index contributed by atoms with van der Waals surface area (Å²) in [5.41, 5.74) is 2.21. The van der Waals surface area contributed by atoms with Crippen LogP contribution in [0, 0.1) is 0 Å². The summed E-state index contributed by atoms with van der Waals surface area (Å²) in [6.07, 6.45) is 6.88. The van der Waals surface area contributed by atoms with Crippen LogP contribution in [-0.4, -0.2) is 10.2 Å². The highest BCUT2D eigenvalue weighted by Crippen LogP contribution is 2.49. The van der Waals surface area contributed by atoms with Crippen molar-refractivity contribution in [3.8, 4) is 11.5 Å². The van der Waals surface area contributed by atoms with Crippen LogP contribution in [0.2, 0.25) is 0 Å². The largest absolute Gasteiger partial charge is 0.506 e. The first-order valence-electron chi connectivity index (χ1n) is 8.22. The lowest BCUT2D eigenvalue weighted by atomic mass is 9.69. The van der Waals surface area contributed by atoms with Gasteiger partial charge in [0.05, 0.1) is 17.9 Å². The molecule has 2 N–H and O–H groups in total. The van der Waals surface area contributed by atoms with E-state index >= 15 is 0 Å². The highest BCUT2D eigenvalue weighted by molar-refractivity contribution is 9.11. The molecule has 1 aliphatic rings. The summed E-state index contributed by atoms with van der Waals surface area (Å²) in [4.78, 5) is 0. The van der Waals surface area contributed by atoms with Crippen molar-refractivity contribution >= 4 is 63.7 Å². The van der Waals surface area contributed by atoms with Crippen molar-refractivity contribution in [3.05, 3.63) is 53.3 Å². The van der Waals surface area contributed by atoms with Crippen molar-refractivity contribution in [1.82, 2.24) is 0 Å². The molecule has 0 bridgehead atoms. The quantitative estimate of drug-likeness (QED) is 0.347. The van der Waals surface area contributed by atoms with Crippen LogP contribution >= 0.6 is 63.7 Å². The van der Waals surface area contributed by atoms with Crippen molar-refractivity contribution in [2.75, 3.05) is 0 Å². The molecule has 1 saturated carbocycles. The number of halogens is 4. The maximum Gasteiger partial charge on any atom is 0.143 e. The second kappa shape index (κ2) is 7.91. The number of hydrogen-bond acceptors (Lipinski definition) is 2. The van der Waals surface area contributed by atoms with Gasteiger partial charge in [-0.1, -0.05) is 25.7 Å². The van der Waals surface area contributed by atoms with Crippen LogP contribution in [0.15, 0.2) is 42.2 Å². The summed E-state index contributed by atoms with van der Waals surface area (Å²) in [6.45, 7) is 0. The van der Waals surface area contributed by atoms with Crippen LogP contribution in [0.4, 0.5) is 0 Å². The van der Waals surface area contributed by atoms with Crippen LogP contribution in [0.25, 0.3) is 0 Å². The van der Waals surface area contributed by atoms with Crippen LogP contribution < -0.4 is 0 Å². The van der Waals surface area contributed by atoms with Gasteiger partial charge in [0.2, 0.25) is 0 Å². The number of hydrogen-bond donors (Lipinski definition) is 2. The fourth-order valence-corrected chi connectivity index (χ4v) is 6.13. The lowest BCUT2D eigenvalue weighted by molar-refractivity contribution is 0.436. The van der Waals surface area contributed by atoms with E-state index in [1.165, 1.54) is 24.0 Å². The Labute approximate surface area is 181 Å². The van der Waals surface area contributed by atoms with Gasteiger partial charge in [-0.2, -0.15) is 0 Å². The molecule has 0 aliphatic heterocycles. The van der Waals surface area contributed by atoms with Gasteiger partial charge in [0, 0.05) is 5.41 Å². The van der Waals surface area contributed by atoms with E-state index in [0.29, 0.717) is 17.9 Å². The smallest absolute Gasteiger partial charge is 0.143 e. The predicted molar refractivity (Wildman–Crippen MR) is 115 cm³/mol. The van der Waals surface area contributed by atoms with Gasteiger partial charge in [0.25, 0.3) is 0 Å². The Hall–Kier alpha value is -0.0400. The molecule has 0 saturated heterocycles. The zero-order valence-corrected chi connectivity index (χ0v) is 19.8. The lowest BCUT2D eigenvalue weighted by Crippen LogP contribution is -2.27. The topological polar surface area (TPSA) is 40.5 Å². The third kappa shape index (κ3) is 3.83. The van der Waals surface area contributed by atoms with E-state index in [2.05, 4.69) is 63.7 Å². The summed E-state index contributed by atoms with van der Waals surface area (Å²) in [5.74, 6) is 0.446. The minimum atomic E-state index is -0.145. The minimum absolute atomic E-state index is 0.145. The Morgan fingerprint density at radius 2 is 0.920 bits per heavy atom. The number of rotatable bonds is 2. The third-order valence-electron chi connectivity index (χ3n) is 5.10. The van der Waals surface area contributed by atoms with Crippen molar-refractivity contribution in [3.63, 3.8) is 0 Å². The summed E-state index contributed by atoms with van der Waals surface area (Å²) in [7, 11) is 0. The Bertz CT molecular complexity index is 690. The standard InChI is InChI=1S/C19H18Br4O2/c20-13-7-11(8-14(21)17(13)24)19(5-3-1-2-4-6-19)12-9-15(22)18(25)16(23)10-12/h7-10,24-25H,1-6H2. The normalized spacial score (nSPS) is 17.3. The molecule has 1 aliphatic carbocycles. The number of phenols is 2. The van der Waals surface area contributed by atoms with E-state index in [-0.39, 0.29) is 16.9 Å². The van der Waals surface area contributed by atoms with Gasteiger partial charge < -0.3 is 10.2 Å². The SMILES string of the molecule is Oc1c(Br)cc(C2(c3cc(Br)c(O)c(Br)c3)CCCCCC2)cc1Br. The number of benzene rings is 2. The zero-order chi connectivity index (χ0) is 18.2. The highest BCUT2D eigenvalue weighted by atomic mass is 79.9. The van der Waals surface area contributed by atoms with E-state index in [1.807, 2.05) is 24.3 Å². The molecule has 25 heavy (non-hydrogen) atoms. The Balaban J connectivity index is 2.24. The van der Waals surface area contributed by atoms with Crippen LogP contribution in [-0.2, 0) is 5.41 Å². The van der Waals surface area contributed by atoms with E-state index in [9.17, 15) is 10.2 Å². The lowest BCUT2D eigenvalue weighted by Gasteiger charge is -2.35. The number of phenolic OH excluding ortho intramolecular Hbond substituents is 2. The van der Waals surface area contributed by atoms with Gasteiger partial charge in [0.15, 0.2) is 0 Å². The average molecular weight is 598 g/mol. The molecule has 6 heteroatoms. The van der Waals surface area contributed by atoms with Gasteiger partial charge in [-0.05, 0) is 112 Å². The minimum Gasteiger partial charge on any atom is -0.506 e. The van der Waals surface area contributed by atoms with Crippen molar-refractivity contribution < 1.29 is 10.2 Å². The molecule has 0 radical (unpaired) electrons. The second-order valence-corrected chi connectivity index (χ2v) is 9.99. The molecule has 1 fully saturated rings. The van der Waals surface area contributed by atoms with Gasteiger partial charge in [-0.3, -0.25) is 0 Å². The van der Waals surface area contributed by atoms with Crippen molar-refractivity contribution in [1.29, 1.82) is 0 Å². The Morgan fingerprint density at radius 3 is 1.24 bits per heavy atom. The Kier molecular flexibility index (Phi) is 6.24. The van der Waals surface area contributed by atoms with E-state index in [1.54, 1.807) is 0 Å². The molecule has 0 atom stereocenters. The predicted octanol–water partition coefficient (Wildman–Crippen LogP) is 7.79. The van der Waals surface area contributed by atoms with Crippen LogP contribution in [0.1, 0.15) is 49.7 Å². The third-order valence-corrected chi connectivity index (χ3v) is 7.51. The molecule has 0 spiro atoms. The molecule has 2 aromatic rings. The first kappa shape index (κ1) is 19.7. The Morgan fingerprint density at radius 1 is 0.600 bits per heavy atom. The first-order chi connectivity index (χ1) is 11.8. The van der Waals surface area contributed by atoms with Crippen molar-refractivity contribution in [2.24, 2.45) is 0 Å². The van der Waals surface area contributed by atoms with Gasteiger partial charge in [-0.25, -0.2) is 0 Å². The fraction of sp³-hybridized carbons (Fsp3) is 0.368. The van der Waals surface area contributed by atoms with E-state index < -0.39 is 0 Å². The summed E-state index contributed by atoms with van der Waals surface area (Å²) >= 11 is 13.9. The summed E-state index contributed by atoms with van der Waals surface area (Å²) in [6, 6.07) is 8.11. The molecular formula is C19H18Br4O2. The molecule has 0 aromatic heterocycles. The van der Waals surface area contributed by atoms with Crippen molar-refractivity contribution in [2.45, 2.75) is 43.9 Å².